The zero-order valence-corrected chi connectivity index (χ0v) is 5.79. The number of hydrogen-bond donors (Lipinski definition) is 0. The lowest BCUT2D eigenvalue weighted by molar-refractivity contribution is 1.86. The molecule has 0 N–H and O–H groups in total. The molecular weight excluding hydrogens is 196 g/mol. The van der Waals surface area contributed by atoms with Gasteiger partial charge in [-0.3, -0.25) is 0 Å². The lowest BCUT2D eigenvalue weighted by Crippen LogP contribution is -1.47. The third kappa shape index (κ3) is 4.70. The van der Waals surface area contributed by atoms with E-state index >= 15 is 0 Å². The van der Waals surface area contributed by atoms with Crippen LogP contribution < -0.4 is 0 Å². The fourth-order valence-corrected chi connectivity index (χ4v) is 0.909. The zero-order valence-electron chi connectivity index (χ0n) is 2.62. The predicted molar refractivity (Wildman–Crippen MR) is 31.9 cm³/mol. The number of allylic oxidation sites excluding steroid dienone is 1. The number of alkyl halides is 1. The first-order chi connectivity index (χ1) is 2.41. The minimum atomic E-state index is 0.929. The van der Waals surface area contributed by atoms with Crippen molar-refractivity contribution in [2.45, 2.75) is 0 Å². The third-order valence-corrected chi connectivity index (χ3v) is 0.926. The maximum Gasteiger partial charge on any atom is 0.0220 e. The highest BCUT2D eigenvalue weighted by atomic mass is 79.9. The Kier molecular flexibility index (Phi) is 5.36. The maximum atomic E-state index is 3.19. The van der Waals surface area contributed by atoms with E-state index in [9.17, 15) is 0 Å². The Morgan fingerprint density at radius 1 is 1.60 bits per heavy atom. The normalized spacial score (nSPS) is 10.0. The van der Waals surface area contributed by atoms with Crippen molar-refractivity contribution >= 4 is 31.9 Å². The second-order valence-corrected chi connectivity index (χ2v) is 1.69. The first-order valence-electron chi connectivity index (χ1n) is 1.23. The highest BCUT2D eigenvalue weighted by Crippen LogP contribution is 1.85. The van der Waals surface area contributed by atoms with Crippen molar-refractivity contribution < 1.29 is 0 Å². The van der Waals surface area contributed by atoms with Crippen molar-refractivity contribution in [1.82, 2.24) is 0 Å². The molecule has 0 rings (SSSR count). The van der Waals surface area contributed by atoms with Crippen LogP contribution in [0.4, 0.5) is 0 Å². The second kappa shape index (κ2) is 4.70. The van der Waals surface area contributed by atoms with Gasteiger partial charge in [-0.25, -0.2) is 0 Å². The Morgan fingerprint density at radius 3 is 2.20 bits per heavy atom. The molecule has 5 heavy (non-hydrogen) atoms. The summed E-state index contributed by atoms with van der Waals surface area (Å²) in [5.41, 5.74) is 0. The topological polar surface area (TPSA) is 0 Å². The van der Waals surface area contributed by atoms with Crippen LogP contribution in [-0.2, 0) is 0 Å². The molecule has 0 atom stereocenters. The van der Waals surface area contributed by atoms with Gasteiger partial charge < -0.3 is 0 Å². The van der Waals surface area contributed by atoms with Crippen LogP contribution in [0.2, 0.25) is 0 Å². The van der Waals surface area contributed by atoms with Gasteiger partial charge in [0.2, 0.25) is 0 Å². The van der Waals surface area contributed by atoms with Crippen LogP contribution in [0.3, 0.4) is 0 Å². The standard InChI is InChI=1S/C3H4Br2/c4-2-1-3-5/h1-2H,3H2/b2-1+. The molecule has 0 spiro atoms. The predicted octanol–water partition coefficient (Wildman–Crippen LogP) is 2.29. The molecule has 0 fully saturated rings. The van der Waals surface area contributed by atoms with Crippen LogP contribution in [-0.4, -0.2) is 5.33 Å². The summed E-state index contributed by atoms with van der Waals surface area (Å²) in [5, 5.41) is 0.929. The van der Waals surface area contributed by atoms with Crippen molar-refractivity contribution in [3.63, 3.8) is 0 Å². The van der Waals surface area contributed by atoms with Gasteiger partial charge in [0.1, 0.15) is 0 Å². The van der Waals surface area contributed by atoms with Gasteiger partial charge in [-0.15, -0.1) is 0 Å². The highest BCUT2D eigenvalue weighted by Gasteiger charge is 1.55. The minimum Gasteiger partial charge on any atom is -0.0883 e. The van der Waals surface area contributed by atoms with E-state index in [4.69, 9.17) is 0 Å². The zero-order chi connectivity index (χ0) is 4.12. The van der Waals surface area contributed by atoms with E-state index in [0.29, 0.717) is 0 Å². The van der Waals surface area contributed by atoms with Crippen molar-refractivity contribution in [3.8, 4) is 0 Å². The molecule has 0 aliphatic heterocycles. The van der Waals surface area contributed by atoms with Gasteiger partial charge in [0.25, 0.3) is 0 Å². The molecule has 0 nitrogen and oxygen atoms in total. The monoisotopic (exact) mass is 198 g/mol. The van der Waals surface area contributed by atoms with E-state index in [0.717, 1.165) is 5.33 Å². The third-order valence-electron chi connectivity index (χ3n) is 0.178. The van der Waals surface area contributed by atoms with Gasteiger partial charge >= 0.3 is 0 Å². The molecule has 0 radical (unpaired) electrons. The van der Waals surface area contributed by atoms with Gasteiger partial charge in [0.05, 0.1) is 0 Å². The van der Waals surface area contributed by atoms with E-state index in [1.165, 1.54) is 0 Å². The van der Waals surface area contributed by atoms with Crippen molar-refractivity contribution in [2.24, 2.45) is 0 Å². The van der Waals surface area contributed by atoms with Crippen molar-refractivity contribution in [1.29, 1.82) is 0 Å². The van der Waals surface area contributed by atoms with Crippen LogP contribution in [0.15, 0.2) is 11.1 Å². The fraction of sp³-hybridized carbons (Fsp3) is 0.333. The molecule has 0 aliphatic carbocycles. The molecule has 0 aromatic rings. The summed E-state index contributed by atoms with van der Waals surface area (Å²) in [5.74, 6) is 0. The first kappa shape index (κ1) is 5.70. The van der Waals surface area contributed by atoms with Crippen LogP contribution >= 0.6 is 31.9 Å². The van der Waals surface area contributed by atoms with E-state index in [1.54, 1.807) is 0 Å². The van der Waals surface area contributed by atoms with Gasteiger partial charge in [-0.05, 0) is 4.99 Å². The molecule has 0 aromatic carbocycles. The summed E-state index contributed by atoms with van der Waals surface area (Å²) >= 11 is 6.29. The van der Waals surface area contributed by atoms with Crippen LogP contribution in [0.25, 0.3) is 0 Å². The average Bonchev–Trinajstić information content (AvgIpc) is 1.41. The average molecular weight is 200 g/mol. The molecule has 0 heterocycles. The SMILES string of the molecule is Br/C=C/CBr. The molecule has 2 heteroatoms. The molecule has 30 valence electrons. The van der Waals surface area contributed by atoms with Crippen LogP contribution in [0.1, 0.15) is 0 Å². The number of hydrogen-bond acceptors (Lipinski definition) is 0. The summed E-state index contributed by atoms with van der Waals surface area (Å²) < 4.78 is 0. The molecule has 0 aliphatic rings. The number of halogens is 2. The molecule has 0 unspecified atom stereocenters. The Morgan fingerprint density at radius 2 is 2.20 bits per heavy atom. The second-order valence-electron chi connectivity index (χ2n) is 0.516. The van der Waals surface area contributed by atoms with E-state index in [2.05, 4.69) is 31.9 Å². The Balaban J connectivity index is 2.62. The summed E-state index contributed by atoms with van der Waals surface area (Å²) in [4.78, 5) is 1.82. The van der Waals surface area contributed by atoms with Crippen LogP contribution in [0.5, 0.6) is 0 Å². The van der Waals surface area contributed by atoms with Gasteiger partial charge in [-0.1, -0.05) is 37.9 Å². The molecule has 0 saturated carbocycles. The summed E-state index contributed by atoms with van der Waals surface area (Å²) in [6.07, 6.45) is 1.96. The summed E-state index contributed by atoms with van der Waals surface area (Å²) in [6, 6.07) is 0. The highest BCUT2D eigenvalue weighted by molar-refractivity contribution is 9.11. The Bertz CT molecular complexity index is 31.9. The van der Waals surface area contributed by atoms with E-state index in [-0.39, 0.29) is 0 Å². The molecule has 0 bridgehead atoms. The smallest absolute Gasteiger partial charge is 0.0220 e. The summed E-state index contributed by atoms with van der Waals surface area (Å²) in [7, 11) is 0. The molecule has 0 saturated heterocycles. The van der Waals surface area contributed by atoms with Gasteiger partial charge in [-0.2, -0.15) is 0 Å². The van der Waals surface area contributed by atoms with Crippen LogP contribution in [0, 0.1) is 0 Å². The first-order valence-corrected chi connectivity index (χ1v) is 3.26. The van der Waals surface area contributed by atoms with Gasteiger partial charge in [0.15, 0.2) is 0 Å². The van der Waals surface area contributed by atoms with Crippen molar-refractivity contribution in [3.05, 3.63) is 11.1 Å². The van der Waals surface area contributed by atoms with E-state index < -0.39 is 0 Å². The quantitative estimate of drug-likeness (QED) is 0.569. The number of rotatable bonds is 1. The van der Waals surface area contributed by atoms with Gasteiger partial charge in [0, 0.05) is 5.33 Å². The molecular formula is C3H4Br2. The fourth-order valence-electron chi connectivity index (χ4n) is 0.0337. The minimum absolute atomic E-state index is 0.929. The Hall–Kier alpha value is 0.700. The largest absolute Gasteiger partial charge is 0.0883 e. The summed E-state index contributed by atoms with van der Waals surface area (Å²) in [6.45, 7) is 0. The molecule has 0 amide bonds. The lowest BCUT2D eigenvalue weighted by atomic mass is 10.8. The maximum absolute atomic E-state index is 3.19. The molecule has 0 aromatic heterocycles. The van der Waals surface area contributed by atoms with Crippen molar-refractivity contribution in [2.75, 3.05) is 5.33 Å². The lowest BCUT2D eigenvalue weighted by Gasteiger charge is -1.61. The van der Waals surface area contributed by atoms with E-state index in [1.807, 2.05) is 11.1 Å². The Labute approximate surface area is 48.5 Å².